The molecule has 2 N–H and O–H groups in total. The summed E-state index contributed by atoms with van der Waals surface area (Å²) in [5.41, 5.74) is 0.883. The van der Waals surface area contributed by atoms with Crippen LogP contribution in [0.25, 0.3) is 0 Å². The van der Waals surface area contributed by atoms with Crippen molar-refractivity contribution >= 4 is 34.8 Å². The van der Waals surface area contributed by atoms with Crippen LogP contribution in [0.1, 0.15) is 4.88 Å². The number of rotatable bonds is 2. The van der Waals surface area contributed by atoms with E-state index in [9.17, 15) is 9.90 Å². The summed E-state index contributed by atoms with van der Waals surface area (Å²) in [5.74, 6) is -0.860. The maximum absolute atomic E-state index is 11.6. The summed E-state index contributed by atoms with van der Waals surface area (Å²) in [6.07, 6.45) is 0. The van der Waals surface area contributed by atoms with Crippen molar-refractivity contribution in [2.24, 2.45) is 0 Å². The second-order valence-electron chi connectivity index (χ2n) is 3.69. The van der Waals surface area contributed by atoms with Crippen molar-refractivity contribution in [3.8, 4) is 0 Å². The molecule has 2 aromatic rings. The topological polar surface area (TPSA) is 49.3 Å². The van der Waals surface area contributed by atoms with Crippen molar-refractivity contribution in [2.45, 2.75) is 9.77 Å². The van der Waals surface area contributed by atoms with Crippen molar-refractivity contribution in [1.29, 1.82) is 0 Å². The quantitative estimate of drug-likeness (QED) is 0.873. The molecule has 0 saturated carbocycles. The lowest BCUT2D eigenvalue weighted by Crippen LogP contribution is -2.36. The van der Waals surface area contributed by atoms with E-state index in [1.165, 1.54) is 23.1 Å². The van der Waals surface area contributed by atoms with Gasteiger partial charge in [-0.15, -0.1) is 11.3 Å². The van der Waals surface area contributed by atoms with Gasteiger partial charge in [0.25, 0.3) is 0 Å². The lowest BCUT2D eigenvalue weighted by molar-refractivity contribution is -0.139. The van der Waals surface area contributed by atoms with Gasteiger partial charge in [0.15, 0.2) is 0 Å². The fourth-order valence-electron chi connectivity index (χ4n) is 1.83. The Morgan fingerprint density at radius 2 is 2.06 bits per heavy atom. The molecular formula is C12H9NO2S2. The molecule has 5 heteroatoms. The molecule has 1 aromatic heterocycles. The third-order valence-corrected chi connectivity index (χ3v) is 5.13. The maximum Gasteiger partial charge on any atom is 0.346 e. The Hall–Kier alpha value is -1.46. The van der Waals surface area contributed by atoms with Crippen LogP contribution in [-0.2, 0) is 9.67 Å². The third kappa shape index (κ3) is 1.54. The second kappa shape index (κ2) is 3.78. The number of carboxylic acid groups (broad SMARTS) is 1. The van der Waals surface area contributed by atoms with E-state index in [2.05, 4.69) is 5.32 Å². The fraction of sp³-hybridized carbons (Fsp3) is 0.0833. The van der Waals surface area contributed by atoms with E-state index in [0.717, 1.165) is 15.5 Å². The molecule has 86 valence electrons. The molecule has 1 aromatic carbocycles. The van der Waals surface area contributed by atoms with Crippen molar-refractivity contribution in [3.05, 3.63) is 46.7 Å². The van der Waals surface area contributed by atoms with Gasteiger partial charge in [0.2, 0.25) is 4.87 Å². The number of carboxylic acids is 1. The monoisotopic (exact) mass is 263 g/mol. The second-order valence-corrected chi connectivity index (χ2v) is 5.89. The maximum atomic E-state index is 11.6. The molecule has 0 aliphatic carbocycles. The lowest BCUT2D eigenvalue weighted by Gasteiger charge is -2.22. The third-order valence-electron chi connectivity index (χ3n) is 2.63. The highest BCUT2D eigenvalue weighted by atomic mass is 32.2. The molecule has 0 amide bonds. The Morgan fingerprint density at radius 3 is 2.71 bits per heavy atom. The number of thiophene rings is 1. The van der Waals surface area contributed by atoms with Gasteiger partial charge in [0.1, 0.15) is 0 Å². The number of hydrogen-bond donors (Lipinski definition) is 2. The number of nitrogens with one attached hydrogen (secondary N) is 1. The first kappa shape index (κ1) is 10.7. The van der Waals surface area contributed by atoms with Gasteiger partial charge < -0.3 is 10.4 Å². The first-order chi connectivity index (χ1) is 8.22. The molecule has 3 rings (SSSR count). The summed E-state index contributed by atoms with van der Waals surface area (Å²) in [6.45, 7) is 0. The minimum Gasteiger partial charge on any atom is -0.479 e. The lowest BCUT2D eigenvalue weighted by atomic mass is 10.2. The van der Waals surface area contributed by atoms with Gasteiger partial charge in [-0.2, -0.15) is 0 Å². The Morgan fingerprint density at radius 1 is 1.24 bits per heavy atom. The van der Waals surface area contributed by atoms with Gasteiger partial charge in [0.05, 0.1) is 4.88 Å². The minimum atomic E-state index is -1.07. The molecule has 1 aliphatic rings. The SMILES string of the molecule is O=C(O)C1(c2cccs2)Nc2ccccc2S1. The number of para-hydroxylation sites is 1. The van der Waals surface area contributed by atoms with Gasteiger partial charge in [-0.05, 0) is 23.6 Å². The zero-order valence-corrected chi connectivity index (χ0v) is 10.3. The molecule has 3 nitrogen and oxygen atoms in total. The van der Waals surface area contributed by atoms with Crippen LogP contribution in [0.2, 0.25) is 0 Å². The normalized spacial score (nSPS) is 21.9. The molecule has 17 heavy (non-hydrogen) atoms. The smallest absolute Gasteiger partial charge is 0.346 e. The summed E-state index contributed by atoms with van der Waals surface area (Å²) in [6, 6.07) is 11.4. The number of hydrogen-bond acceptors (Lipinski definition) is 4. The molecular weight excluding hydrogens is 254 g/mol. The van der Waals surface area contributed by atoms with Gasteiger partial charge in [-0.25, -0.2) is 4.79 Å². The Bertz CT molecular complexity index is 541. The average Bonchev–Trinajstić information content (AvgIpc) is 2.96. The van der Waals surface area contributed by atoms with Gasteiger partial charge in [0, 0.05) is 10.6 Å². The summed E-state index contributed by atoms with van der Waals surface area (Å²) < 4.78 is 0. The van der Waals surface area contributed by atoms with Crippen LogP contribution in [-0.4, -0.2) is 11.1 Å². The molecule has 0 radical (unpaired) electrons. The molecule has 1 atom stereocenters. The first-order valence-corrected chi connectivity index (χ1v) is 6.75. The summed E-state index contributed by atoms with van der Waals surface area (Å²) in [5, 5.41) is 14.5. The number of anilines is 1. The zero-order chi connectivity index (χ0) is 11.9. The van der Waals surface area contributed by atoms with Crippen LogP contribution in [0.3, 0.4) is 0 Å². The molecule has 0 saturated heterocycles. The van der Waals surface area contributed by atoms with E-state index < -0.39 is 10.8 Å². The number of benzene rings is 1. The predicted octanol–water partition coefficient (Wildman–Crippen LogP) is 3.20. The summed E-state index contributed by atoms with van der Waals surface area (Å²) >= 11 is 2.80. The largest absolute Gasteiger partial charge is 0.479 e. The Balaban J connectivity index is 2.10. The minimum absolute atomic E-state index is 0.811. The highest BCUT2D eigenvalue weighted by molar-refractivity contribution is 8.01. The van der Waals surface area contributed by atoms with Crippen LogP contribution in [0, 0.1) is 0 Å². The van der Waals surface area contributed by atoms with E-state index >= 15 is 0 Å². The van der Waals surface area contributed by atoms with E-state index in [4.69, 9.17) is 0 Å². The highest BCUT2D eigenvalue weighted by Crippen LogP contribution is 2.52. The van der Waals surface area contributed by atoms with E-state index in [1.54, 1.807) is 0 Å². The molecule has 0 spiro atoms. The standard InChI is InChI=1S/C12H9NO2S2/c14-11(15)12(10-6-3-7-16-10)13-8-4-1-2-5-9(8)17-12/h1-7,13H,(H,14,15). The average molecular weight is 263 g/mol. The predicted molar refractivity (Wildman–Crippen MR) is 69.6 cm³/mol. The van der Waals surface area contributed by atoms with Gasteiger partial charge in [-0.1, -0.05) is 30.0 Å². The Kier molecular flexibility index (Phi) is 2.38. The van der Waals surface area contributed by atoms with Crippen LogP contribution in [0.5, 0.6) is 0 Å². The van der Waals surface area contributed by atoms with E-state index in [0.29, 0.717) is 0 Å². The van der Waals surface area contributed by atoms with Crippen LogP contribution < -0.4 is 5.32 Å². The number of thioether (sulfide) groups is 1. The molecule has 0 fully saturated rings. The summed E-state index contributed by atoms with van der Waals surface area (Å²) in [4.78, 5) is 12.3. The number of carbonyl (C=O) groups is 1. The summed E-state index contributed by atoms with van der Waals surface area (Å²) in [7, 11) is 0. The number of fused-ring (bicyclic) bond motifs is 1. The van der Waals surface area contributed by atoms with Crippen LogP contribution in [0.15, 0.2) is 46.7 Å². The van der Waals surface area contributed by atoms with Crippen molar-refractivity contribution in [2.75, 3.05) is 5.32 Å². The van der Waals surface area contributed by atoms with Gasteiger partial charge >= 0.3 is 5.97 Å². The molecule has 0 bridgehead atoms. The van der Waals surface area contributed by atoms with Crippen molar-refractivity contribution in [3.63, 3.8) is 0 Å². The van der Waals surface area contributed by atoms with E-state index in [1.807, 2.05) is 41.8 Å². The van der Waals surface area contributed by atoms with Gasteiger partial charge in [-0.3, -0.25) is 0 Å². The molecule has 1 aliphatic heterocycles. The zero-order valence-electron chi connectivity index (χ0n) is 8.71. The van der Waals surface area contributed by atoms with Crippen molar-refractivity contribution < 1.29 is 9.90 Å². The van der Waals surface area contributed by atoms with Crippen molar-refractivity contribution in [1.82, 2.24) is 0 Å². The fourth-order valence-corrected chi connectivity index (χ4v) is 3.99. The van der Waals surface area contributed by atoms with Crippen LogP contribution >= 0.6 is 23.1 Å². The molecule has 1 unspecified atom stereocenters. The Labute approximate surface area is 106 Å². The first-order valence-electron chi connectivity index (χ1n) is 5.06. The number of aliphatic carboxylic acids is 1. The van der Waals surface area contributed by atoms with E-state index in [-0.39, 0.29) is 0 Å². The highest BCUT2D eigenvalue weighted by Gasteiger charge is 2.47. The molecule has 2 heterocycles. The van der Waals surface area contributed by atoms with Crippen LogP contribution in [0.4, 0.5) is 5.69 Å².